The molecule has 0 amide bonds. The van der Waals surface area contributed by atoms with Gasteiger partial charge in [0.15, 0.2) is 0 Å². The zero-order valence-electron chi connectivity index (χ0n) is 19.7. The number of nitrogens with zero attached hydrogens (tertiary/aromatic N) is 4. The molecule has 4 heteroatoms. The smallest absolute Gasteiger partial charge is 0.0992 e. The first-order chi connectivity index (χ1) is 17.8. The number of hydrogen-bond acceptors (Lipinski definition) is 2. The van der Waals surface area contributed by atoms with Crippen LogP contribution in [0.25, 0.3) is 44.1 Å². The molecule has 0 radical (unpaired) electrons. The van der Waals surface area contributed by atoms with Gasteiger partial charge in [-0.1, -0.05) is 36.4 Å². The Morgan fingerprint density at radius 1 is 0.611 bits per heavy atom. The average Bonchev–Trinajstić information content (AvgIpc) is 3.46. The van der Waals surface area contributed by atoms with Gasteiger partial charge in [0.25, 0.3) is 0 Å². The summed E-state index contributed by atoms with van der Waals surface area (Å²) in [4.78, 5) is 0. The van der Waals surface area contributed by atoms with Crippen LogP contribution in [0.15, 0.2) is 84.9 Å². The Balaban J connectivity index is 1.68. The van der Waals surface area contributed by atoms with Crippen molar-refractivity contribution in [1.29, 1.82) is 10.5 Å². The highest BCUT2D eigenvalue weighted by atomic mass is 15.0. The van der Waals surface area contributed by atoms with Crippen molar-refractivity contribution in [2.75, 3.05) is 0 Å². The molecular weight excluding hydrogens is 440 g/mol. The summed E-state index contributed by atoms with van der Waals surface area (Å²) < 4.78 is 4.68. The van der Waals surface area contributed by atoms with Gasteiger partial charge in [0.1, 0.15) is 0 Å². The maximum Gasteiger partial charge on any atom is 0.0992 e. The summed E-state index contributed by atoms with van der Waals surface area (Å²) >= 11 is 0. The molecule has 1 aliphatic rings. The summed E-state index contributed by atoms with van der Waals surface area (Å²) in [7, 11) is 0. The molecule has 4 aromatic carbocycles. The number of fused-ring (bicyclic) bond motifs is 7. The first-order valence-electron chi connectivity index (χ1n) is 12.4. The SMILES string of the molecule is N#Cc1cccc(-n2c3c(c4ccc5c(c6ccccc6n5-c5cccc(C#N)c5)c42)CCCC3)c1. The van der Waals surface area contributed by atoms with E-state index in [4.69, 9.17) is 0 Å². The van der Waals surface area contributed by atoms with E-state index in [1.807, 2.05) is 36.4 Å². The highest BCUT2D eigenvalue weighted by Crippen LogP contribution is 2.42. The highest BCUT2D eigenvalue weighted by molar-refractivity contribution is 6.21. The van der Waals surface area contributed by atoms with Gasteiger partial charge in [-0.3, -0.25) is 0 Å². The van der Waals surface area contributed by atoms with Gasteiger partial charge < -0.3 is 9.13 Å². The molecular formula is C32H22N4. The van der Waals surface area contributed by atoms with Gasteiger partial charge in [0.05, 0.1) is 39.8 Å². The lowest BCUT2D eigenvalue weighted by Gasteiger charge is -2.16. The fraction of sp³-hybridized carbons (Fsp3) is 0.125. The van der Waals surface area contributed by atoms with Crippen molar-refractivity contribution in [3.63, 3.8) is 0 Å². The molecule has 0 saturated carbocycles. The first kappa shape index (κ1) is 20.6. The molecule has 1 aliphatic carbocycles. The number of nitriles is 2. The molecule has 0 saturated heterocycles. The summed E-state index contributed by atoms with van der Waals surface area (Å²) in [5, 5.41) is 22.8. The van der Waals surface area contributed by atoms with Crippen molar-refractivity contribution < 1.29 is 0 Å². The second-order valence-electron chi connectivity index (χ2n) is 9.50. The van der Waals surface area contributed by atoms with Crippen molar-refractivity contribution >= 4 is 32.7 Å². The van der Waals surface area contributed by atoms with Crippen LogP contribution in [0.1, 0.15) is 35.2 Å². The van der Waals surface area contributed by atoms with Crippen molar-refractivity contribution in [3.05, 3.63) is 107 Å². The summed E-state index contributed by atoms with van der Waals surface area (Å²) in [6, 6.07) is 33.4. The van der Waals surface area contributed by atoms with Gasteiger partial charge in [-0.2, -0.15) is 10.5 Å². The number of aromatic nitrogens is 2. The second kappa shape index (κ2) is 7.87. The third-order valence-electron chi connectivity index (χ3n) is 7.54. The quantitative estimate of drug-likeness (QED) is 0.270. The molecule has 0 N–H and O–H groups in total. The normalized spacial score (nSPS) is 13.1. The van der Waals surface area contributed by atoms with Crippen molar-refractivity contribution in [2.45, 2.75) is 25.7 Å². The lowest BCUT2D eigenvalue weighted by Crippen LogP contribution is -2.07. The predicted octanol–water partition coefficient (Wildman–Crippen LogP) is 7.35. The van der Waals surface area contributed by atoms with Crippen LogP contribution in [-0.4, -0.2) is 9.13 Å². The Morgan fingerprint density at radius 2 is 1.31 bits per heavy atom. The maximum absolute atomic E-state index is 9.61. The number of benzene rings is 4. The summed E-state index contributed by atoms with van der Waals surface area (Å²) in [6.07, 6.45) is 4.48. The van der Waals surface area contributed by atoms with Crippen LogP contribution in [0.2, 0.25) is 0 Å². The molecule has 0 atom stereocenters. The Hall–Kier alpha value is -4.80. The molecule has 0 bridgehead atoms. The predicted molar refractivity (Wildman–Crippen MR) is 144 cm³/mol. The minimum Gasteiger partial charge on any atom is -0.313 e. The van der Waals surface area contributed by atoms with E-state index in [1.54, 1.807) is 0 Å². The number of rotatable bonds is 2. The fourth-order valence-corrected chi connectivity index (χ4v) is 6.07. The van der Waals surface area contributed by atoms with Crippen LogP contribution in [-0.2, 0) is 12.8 Å². The zero-order chi connectivity index (χ0) is 24.2. The largest absolute Gasteiger partial charge is 0.313 e. The standard InChI is InChI=1S/C32H22N4/c33-19-21-7-5-9-23(17-21)35-29-14-4-2-12-27(29)31-30(35)16-15-26-25-11-1-3-13-28(25)36(32(26)31)24-10-6-8-22(18-24)20-34/h2,4-10,12,14-18H,1,3,11,13H2. The van der Waals surface area contributed by atoms with Crippen LogP contribution >= 0.6 is 0 Å². The minimum atomic E-state index is 0.645. The average molecular weight is 463 g/mol. The Labute approximate surface area is 208 Å². The zero-order valence-corrected chi connectivity index (χ0v) is 19.7. The molecule has 0 unspecified atom stereocenters. The van der Waals surface area contributed by atoms with E-state index >= 15 is 0 Å². The van der Waals surface area contributed by atoms with E-state index in [0.29, 0.717) is 11.1 Å². The van der Waals surface area contributed by atoms with Crippen molar-refractivity contribution in [3.8, 4) is 23.5 Å². The summed E-state index contributed by atoms with van der Waals surface area (Å²) in [5.41, 5.74) is 9.57. The van der Waals surface area contributed by atoms with Gasteiger partial charge in [0.2, 0.25) is 0 Å². The molecule has 0 aliphatic heterocycles. The molecule has 2 heterocycles. The molecule has 36 heavy (non-hydrogen) atoms. The Morgan fingerprint density at radius 3 is 2.06 bits per heavy atom. The van der Waals surface area contributed by atoms with Gasteiger partial charge in [-0.15, -0.1) is 0 Å². The number of hydrogen-bond donors (Lipinski definition) is 0. The van der Waals surface area contributed by atoms with Crippen LogP contribution in [0.5, 0.6) is 0 Å². The van der Waals surface area contributed by atoms with E-state index in [9.17, 15) is 10.5 Å². The summed E-state index contributed by atoms with van der Waals surface area (Å²) in [5.74, 6) is 0. The van der Waals surface area contributed by atoms with E-state index in [-0.39, 0.29) is 0 Å². The third-order valence-corrected chi connectivity index (χ3v) is 7.54. The van der Waals surface area contributed by atoms with Crippen LogP contribution in [0.3, 0.4) is 0 Å². The van der Waals surface area contributed by atoms with Gasteiger partial charge in [-0.05, 0) is 79.8 Å². The first-order valence-corrected chi connectivity index (χ1v) is 12.4. The van der Waals surface area contributed by atoms with Crippen LogP contribution in [0, 0.1) is 22.7 Å². The molecule has 6 aromatic rings. The molecule has 4 nitrogen and oxygen atoms in total. The van der Waals surface area contributed by atoms with Crippen molar-refractivity contribution in [2.24, 2.45) is 0 Å². The highest BCUT2D eigenvalue weighted by Gasteiger charge is 2.25. The van der Waals surface area contributed by atoms with E-state index in [2.05, 4.69) is 69.8 Å². The van der Waals surface area contributed by atoms with Crippen molar-refractivity contribution in [1.82, 2.24) is 9.13 Å². The lowest BCUT2D eigenvalue weighted by molar-refractivity contribution is 0.667. The monoisotopic (exact) mass is 462 g/mol. The number of aryl methyl sites for hydroxylation is 1. The van der Waals surface area contributed by atoms with Gasteiger partial charge >= 0.3 is 0 Å². The Kier molecular flexibility index (Phi) is 4.50. The molecule has 0 fully saturated rings. The third kappa shape index (κ3) is 2.85. The Bertz CT molecular complexity index is 1920. The maximum atomic E-state index is 9.61. The topological polar surface area (TPSA) is 57.4 Å². The van der Waals surface area contributed by atoms with Gasteiger partial charge in [-0.25, -0.2) is 0 Å². The van der Waals surface area contributed by atoms with Gasteiger partial charge in [0, 0.05) is 33.2 Å². The molecule has 170 valence electrons. The van der Waals surface area contributed by atoms with E-state index in [0.717, 1.165) is 35.2 Å². The molecule has 0 spiro atoms. The summed E-state index contributed by atoms with van der Waals surface area (Å²) in [6.45, 7) is 0. The second-order valence-corrected chi connectivity index (χ2v) is 9.50. The fourth-order valence-electron chi connectivity index (χ4n) is 6.07. The van der Waals surface area contributed by atoms with E-state index < -0.39 is 0 Å². The minimum absolute atomic E-state index is 0.645. The lowest BCUT2D eigenvalue weighted by atomic mass is 9.95. The van der Waals surface area contributed by atoms with E-state index in [1.165, 1.54) is 45.8 Å². The van der Waals surface area contributed by atoms with Crippen LogP contribution < -0.4 is 0 Å². The molecule has 7 rings (SSSR count). The van der Waals surface area contributed by atoms with Crippen LogP contribution in [0.4, 0.5) is 0 Å². The number of para-hydroxylation sites is 1. The molecule has 2 aromatic heterocycles.